The quantitative estimate of drug-likeness (QED) is 0.902. The van der Waals surface area contributed by atoms with Gasteiger partial charge in [-0.2, -0.15) is 4.31 Å². The van der Waals surface area contributed by atoms with Gasteiger partial charge in [-0.15, -0.1) is 11.3 Å². The molecular weight excluding hydrogens is 274 g/mol. The summed E-state index contributed by atoms with van der Waals surface area (Å²) in [4.78, 5) is 11.5. The maximum atomic E-state index is 12.4. The SMILES string of the molecule is CCN(C(C)C)S(=O)(=O)c1cc(C(=O)O)sc1C. The topological polar surface area (TPSA) is 74.7 Å². The molecule has 1 rings (SSSR count). The van der Waals surface area contributed by atoms with E-state index in [4.69, 9.17) is 5.11 Å². The Labute approximate surface area is 111 Å². The zero-order valence-electron chi connectivity index (χ0n) is 10.8. The molecule has 18 heavy (non-hydrogen) atoms. The first-order valence-electron chi connectivity index (χ1n) is 5.57. The molecule has 0 saturated heterocycles. The highest BCUT2D eigenvalue weighted by molar-refractivity contribution is 7.89. The number of carboxylic acids is 1. The van der Waals surface area contributed by atoms with Crippen LogP contribution in [0.15, 0.2) is 11.0 Å². The van der Waals surface area contributed by atoms with E-state index in [0.717, 1.165) is 11.3 Å². The van der Waals surface area contributed by atoms with E-state index < -0.39 is 16.0 Å². The fourth-order valence-corrected chi connectivity index (χ4v) is 4.81. The van der Waals surface area contributed by atoms with Crippen molar-refractivity contribution in [2.24, 2.45) is 0 Å². The number of thiophene rings is 1. The van der Waals surface area contributed by atoms with Crippen LogP contribution in [0.5, 0.6) is 0 Å². The van der Waals surface area contributed by atoms with Crippen molar-refractivity contribution >= 4 is 27.3 Å². The van der Waals surface area contributed by atoms with Gasteiger partial charge < -0.3 is 5.11 Å². The molecule has 0 aliphatic carbocycles. The van der Waals surface area contributed by atoms with E-state index in [9.17, 15) is 13.2 Å². The minimum absolute atomic E-state index is 0.0471. The lowest BCUT2D eigenvalue weighted by Crippen LogP contribution is -2.36. The summed E-state index contributed by atoms with van der Waals surface area (Å²) in [6.07, 6.45) is 0. The van der Waals surface area contributed by atoms with E-state index in [0.29, 0.717) is 11.4 Å². The van der Waals surface area contributed by atoms with Gasteiger partial charge in [0.15, 0.2) is 0 Å². The second-order valence-corrected chi connectivity index (χ2v) is 7.25. The first-order valence-corrected chi connectivity index (χ1v) is 7.83. The minimum atomic E-state index is -3.61. The zero-order valence-corrected chi connectivity index (χ0v) is 12.4. The Morgan fingerprint density at radius 2 is 2.06 bits per heavy atom. The number of carboxylic acid groups (broad SMARTS) is 1. The first kappa shape index (κ1) is 15.1. The lowest BCUT2D eigenvalue weighted by atomic mass is 10.4. The predicted octanol–water partition coefficient (Wildman–Crippen LogP) is 2.17. The maximum absolute atomic E-state index is 12.4. The molecule has 1 aromatic heterocycles. The third-order valence-corrected chi connectivity index (χ3v) is 6.00. The number of rotatable bonds is 5. The Morgan fingerprint density at radius 1 is 1.50 bits per heavy atom. The largest absolute Gasteiger partial charge is 0.477 e. The highest BCUT2D eigenvalue weighted by Crippen LogP contribution is 2.29. The number of nitrogens with zero attached hydrogens (tertiary/aromatic N) is 1. The zero-order chi connectivity index (χ0) is 14.1. The van der Waals surface area contributed by atoms with Crippen molar-refractivity contribution in [2.75, 3.05) is 6.54 Å². The fourth-order valence-electron chi connectivity index (χ4n) is 1.77. The number of hydrogen-bond donors (Lipinski definition) is 1. The van der Waals surface area contributed by atoms with Gasteiger partial charge in [-0.05, 0) is 26.8 Å². The molecule has 7 heteroatoms. The van der Waals surface area contributed by atoms with Crippen LogP contribution in [-0.2, 0) is 10.0 Å². The number of sulfonamides is 1. The molecule has 0 aliphatic rings. The first-order chi connectivity index (χ1) is 8.21. The molecule has 1 heterocycles. The molecule has 1 N–H and O–H groups in total. The Kier molecular flexibility index (Phi) is 4.52. The summed E-state index contributed by atoms with van der Waals surface area (Å²) in [6, 6.07) is 1.08. The summed E-state index contributed by atoms with van der Waals surface area (Å²) in [6.45, 7) is 7.33. The van der Waals surface area contributed by atoms with E-state index in [1.807, 2.05) is 0 Å². The van der Waals surface area contributed by atoms with Gasteiger partial charge in [-0.3, -0.25) is 0 Å². The van der Waals surface area contributed by atoms with E-state index >= 15 is 0 Å². The van der Waals surface area contributed by atoms with Gasteiger partial charge in [0.25, 0.3) is 0 Å². The minimum Gasteiger partial charge on any atom is -0.477 e. The van der Waals surface area contributed by atoms with Gasteiger partial charge in [-0.25, -0.2) is 13.2 Å². The third-order valence-electron chi connectivity index (χ3n) is 2.56. The highest BCUT2D eigenvalue weighted by Gasteiger charge is 2.29. The molecule has 102 valence electrons. The molecule has 0 fully saturated rings. The number of hydrogen-bond acceptors (Lipinski definition) is 4. The number of aromatic carboxylic acids is 1. The van der Waals surface area contributed by atoms with Crippen LogP contribution in [0.1, 0.15) is 35.3 Å². The smallest absolute Gasteiger partial charge is 0.345 e. The second-order valence-electron chi connectivity index (χ2n) is 4.14. The molecule has 0 aliphatic heterocycles. The van der Waals surface area contributed by atoms with Crippen molar-refractivity contribution in [1.82, 2.24) is 4.31 Å². The van der Waals surface area contributed by atoms with Crippen LogP contribution < -0.4 is 0 Å². The van der Waals surface area contributed by atoms with Crippen molar-refractivity contribution in [3.8, 4) is 0 Å². The highest BCUT2D eigenvalue weighted by atomic mass is 32.2. The maximum Gasteiger partial charge on any atom is 0.345 e. The molecular formula is C11H17NO4S2. The Bertz CT molecular complexity index is 545. The Morgan fingerprint density at radius 3 is 2.39 bits per heavy atom. The third kappa shape index (κ3) is 2.73. The van der Waals surface area contributed by atoms with Crippen molar-refractivity contribution in [3.63, 3.8) is 0 Å². The van der Waals surface area contributed by atoms with Crippen molar-refractivity contribution in [3.05, 3.63) is 15.8 Å². The van der Waals surface area contributed by atoms with E-state index in [2.05, 4.69) is 0 Å². The average molecular weight is 291 g/mol. The van der Waals surface area contributed by atoms with Gasteiger partial charge in [0, 0.05) is 17.5 Å². The van der Waals surface area contributed by atoms with Gasteiger partial charge in [0.05, 0.1) is 4.90 Å². The predicted molar refractivity (Wildman–Crippen MR) is 70.7 cm³/mol. The van der Waals surface area contributed by atoms with Crippen LogP contribution in [-0.4, -0.2) is 36.4 Å². The average Bonchev–Trinajstić information content (AvgIpc) is 2.60. The van der Waals surface area contributed by atoms with Crippen LogP contribution in [0, 0.1) is 6.92 Å². The van der Waals surface area contributed by atoms with Crippen LogP contribution in [0.2, 0.25) is 0 Å². The summed E-state index contributed by atoms with van der Waals surface area (Å²) < 4.78 is 26.2. The Balaban J connectivity index is 3.32. The van der Waals surface area contributed by atoms with Gasteiger partial charge >= 0.3 is 5.97 Å². The van der Waals surface area contributed by atoms with Crippen LogP contribution in [0.3, 0.4) is 0 Å². The van der Waals surface area contributed by atoms with Crippen LogP contribution in [0.4, 0.5) is 0 Å². The summed E-state index contributed by atoms with van der Waals surface area (Å²) in [7, 11) is -3.61. The van der Waals surface area contributed by atoms with E-state index in [1.54, 1.807) is 27.7 Å². The lowest BCUT2D eigenvalue weighted by Gasteiger charge is -2.24. The molecule has 1 aromatic rings. The monoisotopic (exact) mass is 291 g/mol. The van der Waals surface area contributed by atoms with Gasteiger partial charge in [-0.1, -0.05) is 6.92 Å². The molecule has 0 spiro atoms. The fraction of sp³-hybridized carbons (Fsp3) is 0.545. The number of aryl methyl sites for hydroxylation is 1. The Hall–Kier alpha value is -0.920. The van der Waals surface area contributed by atoms with Crippen LogP contribution >= 0.6 is 11.3 Å². The summed E-state index contributed by atoms with van der Waals surface area (Å²) in [5, 5.41) is 8.90. The van der Waals surface area contributed by atoms with Gasteiger partial charge in [0.1, 0.15) is 4.88 Å². The second kappa shape index (κ2) is 5.38. The molecule has 0 bridgehead atoms. The molecule has 0 unspecified atom stereocenters. The molecule has 0 atom stereocenters. The van der Waals surface area contributed by atoms with Gasteiger partial charge in [0.2, 0.25) is 10.0 Å². The lowest BCUT2D eigenvalue weighted by molar-refractivity contribution is 0.0702. The normalized spacial score (nSPS) is 12.3. The van der Waals surface area contributed by atoms with E-state index in [-0.39, 0.29) is 15.8 Å². The molecule has 0 aromatic carbocycles. The van der Waals surface area contributed by atoms with Crippen molar-refractivity contribution in [1.29, 1.82) is 0 Å². The molecule has 0 amide bonds. The molecule has 0 radical (unpaired) electrons. The molecule has 5 nitrogen and oxygen atoms in total. The van der Waals surface area contributed by atoms with Crippen molar-refractivity contribution < 1.29 is 18.3 Å². The summed E-state index contributed by atoms with van der Waals surface area (Å²) in [5.74, 6) is -1.10. The summed E-state index contributed by atoms with van der Waals surface area (Å²) in [5.41, 5.74) is 0. The van der Waals surface area contributed by atoms with Crippen molar-refractivity contribution in [2.45, 2.75) is 38.6 Å². The number of carbonyl (C=O) groups is 1. The van der Waals surface area contributed by atoms with Crippen LogP contribution in [0.25, 0.3) is 0 Å². The summed E-state index contributed by atoms with van der Waals surface area (Å²) >= 11 is 0.984. The van der Waals surface area contributed by atoms with E-state index in [1.165, 1.54) is 10.4 Å². The molecule has 0 saturated carbocycles. The standard InChI is InChI=1S/C11H17NO4S2/c1-5-12(7(2)3)18(15,16)10-6-9(11(13)14)17-8(10)4/h6-7H,5H2,1-4H3,(H,13,14).